The first kappa shape index (κ1) is 31.3. The molecule has 0 spiro atoms. The van der Waals surface area contributed by atoms with E-state index < -0.39 is 40.9 Å². The summed E-state index contributed by atoms with van der Waals surface area (Å²) in [4.78, 5) is 29.8. The molecule has 3 aliphatic heterocycles. The topological polar surface area (TPSA) is 92.7 Å². The smallest absolute Gasteiger partial charge is 0.410 e. The van der Waals surface area contributed by atoms with E-state index in [4.69, 9.17) is 9.47 Å². The lowest BCUT2D eigenvalue weighted by atomic mass is 9.95. The minimum atomic E-state index is -1.10. The summed E-state index contributed by atoms with van der Waals surface area (Å²) in [6, 6.07) is 6.78. The summed E-state index contributed by atoms with van der Waals surface area (Å²) in [5.74, 6) is -2.78. The minimum absolute atomic E-state index is 0.0683. The first-order valence-corrected chi connectivity index (χ1v) is 15.9. The SMILES string of the molecule is CC(C)(C)OC(=O)N1CC[C@@H](Nc2nc(OCC34CCCN3C[C@H](F)C4)nc3c(F)c(-c4cccc5ccc(F)c(F)c45)ncc23)C1. The lowest BCUT2D eigenvalue weighted by molar-refractivity contribution is 0.0293. The van der Waals surface area contributed by atoms with Crippen LogP contribution in [-0.2, 0) is 4.74 Å². The van der Waals surface area contributed by atoms with Crippen LogP contribution in [-0.4, -0.2) is 87.0 Å². The van der Waals surface area contributed by atoms with Crippen LogP contribution in [0.1, 0.15) is 46.5 Å². The van der Waals surface area contributed by atoms with E-state index in [0.29, 0.717) is 37.9 Å². The summed E-state index contributed by atoms with van der Waals surface area (Å²) in [6.07, 6.45) is 2.59. The number of nitrogens with zero attached hydrogens (tertiary/aromatic N) is 5. The van der Waals surface area contributed by atoms with Crippen LogP contribution in [0.25, 0.3) is 32.9 Å². The Morgan fingerprint density at radius 1 is 1.09 bits per heavy atom. The molecule has 7 rings (SSSR count). The first-order valence-electron chi connectivity index (χ1n) is 15.9. The minimum Gasteiger partial charge on any atom is -0.461 e. The highest BCUT2D eigenvalue weighted by molar-refractivity contribution is 5.99. The molecule has 1 unspecified atom stereocenters. The van der Waals surface area contributed by atoms with E-state index in [1.807, 2.05) is 0 Å². The van der Waals surface area contributed by atoms with Gasteiger partial charge in [-0.15, -0.1) is 0 Å². The molecule has 9 nitrogen and oxygen atoms in total. The van der Waals surface area contributed by atoms with Gasteiger partial charge in [-0.3, -0.25) is 9.88 Å². The molecule has 3 aliphatic rings. The molecule has 0 saturated carbocycles. The number of pyridine rings is 1. The van der Waals surface area contributed by atoms with Crippen molar-refractivity contribution in [3.63, 3.8) is 0 Å². The van der Waals surface area contributed by atoms with Gasteiger partial charge < -0.3 is 19.7 Å². The predicted molar refractivity (Wildman–Crippen MR) is 169 cm³/mol. The van der Waals surface area contributed by atoms with Crippen molar-refractivity contribution in [3.8, 4) is 17.3 Å². The van der Waals surface area contributed by atoms with E-state index >= 15 is 8.78 Å². The van der Waals surface area contributed by atoms with Gasteiger partial charge in [0.1, 0.15) is 35.4 Å². The van der Waals surface area contributed by atoms with Gasteiger partial charge in [-0.1, -0.05) is 24.3 Å². The number of nitrogens with one attached hydrogen (secondary N) is 1. The van der Waals surface area contributed by atoms with E-state index in [1.165, 1.54) is 18.3 Å². The molecule has 1 amide bonds. The second-order valence-electron chi connectivity index (χ2n) is 13.7. The number of amides is 1. The molecular weight excluding hydrogens is 616 g/mol. The third-order valence-corrected chi connectivity index (χ3v) is 9.27. The number of benzene rings is 2. The van der Waals surface area contributed by atoms with E-state index in [2.05, 4.69) is 25.2 Å². The number of anilines is 1. The largest absolute Gasteiger partial charge is 0.461 e. The van der Waals surface area contributed by atoms with Crippen molar-refractivity contribution in [3.05, 3.63) is 54.0 Å². The summed E-state index contributed by atoms with van der Waals surface area (Å²) < 4.78 is 72.0. The van der Waals surface area contributed by atoms with Gasteiger partial charge in [0.05, 0.1) is 10.9 Å². The molecule has 248 valence electrons. The Labute approximate surface area is 269 Å². The molecule has 4 aromatic rings. The summed E-state index contributed by atoms with van der Waals surface area (Å²) in [6.45, 7) is 7.41. The van der Waals surface area contributed by atoms with E-state index in [-0.39, 0.29) is 52.0 Å². The molecule has 5 heterocycles. The van der Waals surface area contributed by atoms with Gasteiger partial charge in [0, 0.05) is 49.2 Å². The second-order valence-corrected chi connectivity index (χ2v) is 13.7. The Morgan fingerprint density at radius 3 is 2.72 bits per heavy atom. The molecule has 2 aromatic carbocycles. The zero-order chi connectivity index (χ0) is 33.1. The first-order chi connectivity index (χ1) is 22.4. The van der Waals surface area contributed by atoms with Gasteiger partial charge in [-0.2, -0.15) is 9.97 Å². The van der Waals surface area contributed by atoms with Crippen molar-refractivity contribution in [1.29, 1.82) is 0 Å². The highest BCUT2D eigenvalue weighted by Crippen LogP contribution is 2.41. The standard InChI is InChI=1S/C34H36F4N6O3/c1-33(2,3)47-32(45)43-13-10-21(17-43)40-30-23-15-39-28(22-7-4-6-19-8-9-24(36)26(37)25(19)22)27(38)29(23)41-31(42-30)46-18-34-11-5-12-44(34)16-20(35)14-34/h4,6-9,15,20-21H,5,10-14,16-18H2,1-3H3,(H,40,41,42)/t20-,21-,34?/m1/s1. The third-order valence-electron chi connectivity index (χ3n) is 9.27. The number of alkyl halides is 1. The van der Waals surface area contributed by atoms with Crippen molar-refractivity contribution in [2.45, 2.75) is 69.8 Å². The van der Waals surface area contributed by atoms with Gasteiger partial charge in [0.15, 0.2) is 17.5 Å². The van der Waals surface area contributed by atoms with Gasteiger partial charge in [-0.05, 0) is 58.0 Å². The number of fused-ring (bicyclic) bond motifs is 3. The van der Waals surface area contributed by atoms with Crippen molar-refractivity contribution < 1.29 is 31.8 Å². The summed E-state index contributed by atoms with van der Waals surface area (Å²) in [5.41, 5.74) is -1.41. The Kier molecular flexibility index (Phi) is 7.85. The van der Waals surface area contributed by atoms with E-state index in [9.17, 15) is 13.6 Å². The van der Waals surface area contributed by atoms with Crippen molar-refractivity contribution >= 4 is 33.6 Å². The number of rotatable bonds is 6. The molecule has 47 heavy (non-hydrogen) atoms. The molecule has 3 atom stereocenters. The number of hydrogen-bond acceptors (Lipinski definition) is 8. The van der Waals surface area contributed by atoms with Crippen LogP contribution in [0.5, 0.6) is 6.01 Å². The van der Waals surface area contributed by atoms with Crippen LogP contribution in [0, 0.1) is 17.5 Å². The normalized spacial score (nSPS) is 23.1. The average molecular weight is 653 g/mol. The van der Waals surface area contributed by atoms with Gasteiger partial charge in [0.2, 0.25) is 0 Å². The van der Waals surface area contributed by atoms with Crippen molar-refractivity contribution in [2.24, 2.45) is 0 Å². The number of hydrogen-bond donors (Lipinski definition) is 1. The van der Waals surface area contributed by atoms with Crippen LogP contribution >= 0.6 is 0 Å². The van der Waals surface area contributed by atoms with Crippen LogP contribution in [0.4, 0.5) is 28.2 Å². The zero-order valence-electron chi connectivity index (χ0n) is 26.5. The van der Waals surface area contributed by atoms with Crippen molar-refractivity contribution in [1.82, 2.24) is 24.8 Å². The zero-order valence-corrected chi connectivity index (χ0v) is 26.5. The quantitative estimate of drug-likeness (QED) is 0.232. The molecule has 0 bridgehead atoms. The molecule has 13 heteroatoms. The molecule has 1 N–H and O–H groups in total. The Balaban J connectivity index is 1.26. The molecular formula is C34H36F4N6O3. The highest BCUT2D eigenvalue weighted by Gasteiger charge is 2.49. The maximum Gasteiger partial charge on any atom is 0.410 e. The number of carbonyl (C=O) groups is 1. The Morgan fingerprint density at radius 2 is 1.91 bits per heavy atom. The van der Waals surface area contributed by atoms with Gasteiger partial charge in [0.25, 0.3) is 0 Å². The third kappa shape index (κ3) is 5.90. The number of ether oxygens (including phenoxy) is 2. The molecule has 0 radical (unpaired) electrons. The van der Waals surface area contributed by atoms with Crippen LogP contribution < -0.4 is 10.1 Å². The van der Waals surface area contributed by atoms with Gasteiger partial charge >= 0.3 is 12.1 Å². The maximum atomic E-state index is 16.5. The fourth-order valence-corrected chi connectivity index (χ4v) is 7.12. The number of likely N-dealkylation sites (tertiary alicyclic amines) is 1. The monoisotopic (exact) mass is 652 g/mol. The molecule has 3 fully saturated rings. The Bertz CT molecular complexity index is 1870. The average Bonchev–Trinajstić information content (AvgIpc) is 3.72. The summed E-state index contributed by atoms with van der Waals surface area (Å²) in [7, 11) is 0. The van der Waals surface area contributed by atoms with E-state index in [0.717, 1.165) is 25.5 Å². The van der Waals surface area contributed by atoms with Crippen LogP contribution in [0.2, 0.25) is 0 Å². The summed E-state index contributed by atoms with van der Waals surface area (Å²) in [5, 5.41) is 3.84. The fourth-order valence-electron chi connectivity index (χ4n) is 7.12. The number of halogens is 4. The lowest BCUT2D eigenvalue weighted by Crippen LogP contribution is -2.43. The molecule has 3 saturated heterocycles. The molecule has 2 aromatic heterocycles. The lowest BCUT2D eigenvalue weighted by Gasteiger charge is -2.30. The predicted octanol–water partition coefficient (Wildman–Crippen LogP) is 6.64. The second kappa shape index (κ2) is 11.8. The number of aromatic nitrogens is 3. The van der Waals surface area contributed by atoms with Crippen LogP contribution in [0.3, 0.4) is 0 Å². The van der Waals surface area contributed by atoms with Gasteiger partial charge in [-0.25, -0.2) is 22.4 Å². The van der Waals surface area contributed by atoms with Crippen LogP contribution in [0.15, 0.2) is 36.5 Å². The Hall–Kier alpha value is -4.26. The highest BCUT2D eigenvalue weighted by atomic mass is 19.2. The fraction of sp³-hybridized carbons (Fsp3) is 0.471. The van der Waals surface area contributed by atoms with E-state index in [1.54, 1.807) is 37.8 Å². The maximum absolute atomic E-state index is 16.5. The summed E-state index contributed by atoms with van der Waals surface area (Å²) >= 11 is 0. The van der Waals surface area contributed by atoms with Crippen molar-refractivity contribution in [2.75, 3.05) is 38.1 Å². The molecule has 0 aliphatic carbocycles. The number of carbonyl (C=O) groups excluding carboxylic acids is 1.